The highest BCUT2D eigenvalue weighted by atomic mass is 19.1. The summed E-state index contributed by atoms with van der Waals surface area (Å²) in [5.74, 6) is 0.559. The quantitative estimate of drug-likeness (QED) is 0.832. The Morgan fingerprint density at radius 2 is 2.05 bits per heavy atom. The molecule has 1 spiro atoms. The van der Waals surface area contributed by atoms with Crippen LogP contribution in [-0.4, -0.2) is 31.5 Å². The molecule has 0 aliphatic carbocycles. The highest BCUT2D eigenvalue weighted by molar-refractivity contribution is 5.29. The molecule has 2 aliphatic rings. The Labute approximate surface area is 119 Å². The van der Waals surface area contributed by atoms with E-state index < -0.39 is 0 Å². The number of hydrogen-bond acceptors (Lipinski definition) is 3. The number of benzene rings is 1. The lowest BCUT2D eigenvalue weighted by atomic mass is 9.85. The SMILES string of the molecule is Cc1cc(OC2CCOC3(CCOCC3)C2)ccc1F. The Morgan fingerprint density at radius 3 is 2.80 bits per heavy atom. The molecule has 0 saturated carbocycles. The highest BCUT2D eigenvalue weighted by Crippen LogP contribution is 2.35. The van der Waals surface area contributed by atoms with Gasteiger partial charge in [0, 0.05) is 26.1 Å². The van der Waals surface area contributed by atoms with E-state index >= 15 is 0 Å². The van der Waals surface area contributed by atoms with Gasteiger partial charge in [-0.3, -0.25) is 0 Å². The summed E-state index contributed by atoms with van der Waals surface area (Å²) in [5.41, 5.74) is 0.548. The molecule has 3 rings (SSSR count). The summed E-state index contributed by atoms with van der Waals surface area (Å²) in [6.45, 7) is 4.02. The maximum atomic E-state index is 13.3. The number of ether oxygens (including phenoxy) is 3. The molecule has 1 unspecified atom stereocenters. The summed E-state index contributed by atoms with van der Waals surface area (Å²) in [4.78, 5) is 0. The summed E-state index contributed by atoms with van der Waals surface area (Å²) in [6.07, 6.45) is 3.81. The van der Waals surface area contributed by atoms with E-state index in [-0.39, 0.29) is 17.5 Å². The number of rotatable bonds is 2. The fraction of sp³-hybridized carbons (Fsp3) is 0.625. The lowest BCUT2D eigenvalue weighted by Gasteiger charge is -2.43. The third-order valence-electron chi connectivity index (χ3n) is 4.28. The summed E-state index contributed by atoms with van der Waals surface area (Å²) >= 11 is 0. The zero-order chi connectivity index (χ0) is 14.0. The van der Waals surface area contributed by atoms with Crippen LogP contribution in [0.15, 0.2) is 18.2 Å². The molecule has 2 aliphatic heterocycles. The van der Waals surface area contributed by atoms with E-state index in [0.29, 0.717) is 5.56 Å². The van der Waals surface area contributed by atoms with Crippen molar-refractivity contribution in [2.45, 2.75) is 44.3 Å². The summed E-state index contributed by atoms with van der Waals surface area (Å²) in [5, 5.41) is 0. The van der Waals surface area contributed by atoms with Gasteiger partial charge in [-0.05, 0) is 43.5 Å². The van der Waals surface area contributed by atoms with Crippen molar-refractivity contribution in [3.05, 3.63) is 29.6 Å². The number of aryl methyl sites for hydroxylation is 1. The molecule has 0 radical (unpaired) electrons. The predicted molar refractivity (Wildman–Crippen MR) is 73.5 cm³/mol. The van der Waals surface area contributed by atoms with Gasteiger partial charge in [0.05, 0.1) is 12.2 Å². The molecule has 110 valence electrons. The monoisotopic (exact) mass is 280 g/mol. The number of halogens is 1. The second-order valence-corrected chi connectivity index (χ2v) is 5.79. The minimum Gasteiger partial charge on any atom is -0.490 e. The maximum absolute atomic E-state index is 13.3. The lowest BCUT2D eigenvalue weighted by Crippen LogP contribution is -2.47. The zero-order valence-electron chi connectivity index (χ0n) is 11.9. The second kappa shape index (κ2) is 5.70. The number of hydrogen-bond donors (Lipinski definition) is 0. The van der Waals surface area contributed by atoms with Crippen molar-refractivity contribution in [3.8, 4) is 5.75 Å². The van der Waals surface area contributed by atoms with Gasteiger partial charge in [-0.25, -0.2) is 4.39 Å². The maximum Gasteiger partial charge on any atom is 0.126 e. The molecule has 1 aromatic carbocycles. The Balaban J connectivity index is 1.66. The van der Waals surface area contributed by atoms with E-state index in [9.17, 15) is 4.39 Å². The third-order valence-corrected chi connectivity index (χ3v) is 4.28. The second-order valence-electron chi connectivity index (χ2n) is 5.79. The van der Waals surface area contributed by atoms with Crippen LogP contribution in [0.5, 0.6) is 5.75 Å². The van der Waals surface area contributed by atoms with Crippen LogP contribution in [0.4, 0.5) is 4.39 Å². The van der Waals surface area contributed by atoms with Gasteiger partial charge in [-0.2, -0.15) is 0 Å². The first-order chi connectivity index (χ1) is 9.67. The molecule has 2 heterocycles. The van der Waals surface area contributed by atoms with E-state index in [4.69, 9.17) is 14.2 Å². The van der Waals surface area contributed by atoms with Crippen molar-refractivity contribution in [2.75, 3.05) is 19.8 Å². The zero-order valence-corrected chi connectivity index (χ0v) is 11.9. The molecule has 1 atom stereocenters. The van der Waals surface area contributed by atoms with Crippen LogP contribution in [0.25, 0.3) is 0 Å². The molecule has 2 saturated heterocycles. The molecule has 0 bridgehead atoms. The van der Waals surface area contributed by atoms with Crippen LogP contribution < -0.4 is 4.74 Å². The van der Waals surface area contributed by atoms with E-state index in [2.05, 4.69) is 0 Å². The first kappa shape index (κ1) is 13.8. The largest absolute Gasteiger partial charge is 0.490 e. The lowest BCUT2D eigenvalue weighted by molar-refractivity contribution is -0.155. The van der Waals surface area contributed by atoms with E-state index in [0.717, 1.165) is 51.3 Å². The van der Waals surface area contributed by atoms with Crippen molar-refractivity contribution in [1.29, 1.82) is 0 Å². The average Bonchev–Trinajstić information content (AvgIpc) is 2.44. The fourth-order valence-electron chi connectivity index (χ4n) is 3.06. The Kier molecular flexibility index (Phi) is 3.94. The summed E-state index contributed by atoms with van der Waals surface area (Å²) in [6, 6.07) is 4.93. The molecule has 20 heavy (non-hydrogen) atoms. The Bertz CT molecular complexity index is 463. The first-order valence-electron chi connectivity index (χ1n) is 7.31. The van der Waals surface area contributed by atoms with E-state index in [1.165, 1.54) is 6.07 Å². The normalized spacial score (nSPS) is 25.6. The van der Waals surface area contributed by atoms with Crippen LogP contribution in [0.3, 0.4) is 0 Å². The van der Waals surface area contributed by atoms with Crippen LogP contribution in [0.1, 0.15) is 31.2 Å². The standard InChI is InChI=1S/C16H21FO3/c1-12-10-13(2-3-15(12)17)20-14-4-7-19-16(11-14)5-8-18-9-6-16/h2-3,10,14H,4-9,11H2,1H3. The molecule has 4 heteroatoms. The average molecular weight is 280 g/mol. The molecule has 0 amide bonds. The van der Waals surface area contributed by atoms with Crippen LogP contribution in [0, 0.1) is 12.7 Å². The van der Waals surface area contributed by atoms with Gasteiger partial charge < -0.3 is 14.2 Å². The molecular weight excluding hydrogens is 259 g/mol. The first-order valence-corrected chi connectivity index (χ1v) is 7.31. The van der Waals surface area contributed by atoms with Gasteiger partial charge >= 0.3 is 0 Å². The minimum atomic E-state index is -0.190. The van der Waals surface area contributed by atoms with Crippen molar-refractivity contribution in [2.24, 2.45) is 0 Å². The fourth-order valence-corrected chi connectivity index (χ4v) is 3.06. The van der Waals surface area contributed by atoms with Gasteiger partial charge in [-0.15, -0.1) is 0 Å². The smallest absolute Gasteiger partial charge is 0.126 e. The van der Waals surface area contributed by atoms with E-state index in [1.54, 1.807) is 19.1 Å². The topological polar surface area (TPSA) is 27.7 Å². The molecule has 0 aromatic heterocycles. The Morgan fingerprint density at radius 1 is 1.25 bits per heavy atom. The molecular formula is C16H21FO3. The third kappa shape index (κ3) is 2.96. The van der Waals surface area contributed by atoms with Crippen molar-refractivity contribution >= 4 is 0 Å². The molecule has 1 aromatic rings. The molecule has 0 N–H and O–H groups in total. The van der Waals surface area contributed by atoms with Crippen LogP contribution in [0.2, 0.25) is 0 Å². The van der Waals surface area contributed by atoms with Crippen molar-refractivity contribution in [3.63, 3.8) is 0 Å². The van der Waals surface area contributed by atoms with Crippen molar-refractivity contribution in [1.82, 2.24) is 0 Å². The van der Waals surface area contributed by atoms with Gasteiger partial charge in [0.15, 0.2) is 0 Å². The van der Waals surface area contributed by atoms with Gasteiger partial charge in [0.1, 0.15) is 17.7 Å². The summed E-state index contributed by atoms with van der Waals surface area (Å²) < 4.78 is 30.7. The van der Waals surface area contributed by atoms with E-state index in [1.807, 2.05) is 0 Å². The molecule has 2 fully saturated rings. The van der Waals surface area contributed by atoms with Gasteiger partial charge in [0.25, 0.3) is 0 Å². The Hall–Kier alpha value is -1.13. The molecule has 3 nitrogen and oxygen atoms in total. The van der Waals surface area contributed by atoms with Crippen LogP contribution >= 0.6 is 0 Å². The minimum absolute atomic E-state index is 0.0732. The van der Waals surface area contributed by atoms with Crippen LogP contribution in [-0.2, 0) is 9.47 Å². The van der Waals surface area contributed by atoms with Gasteiger partial charge in [0.2, 0.25) is 0 Å². The van der Waals surface area contributed by atoms with Gasteiger partial charge in [-0.1, -0.05) is 0 Å². The highest BCUT2D eigenvalue weighted by Gasteiger charge is 2.39. The summed E-state index contributed by atoms with van der Waals surface area (Å²) in [7, 11) is 0. The predicted octanol–water partition coefficient (Wildman–Crippen LogP) is 3.24. The van der Waals surface area contributed by atoms with Crippen molar-refractivity contribution < 1.29 is 18.6 Å².